The van der Waals surface area contributed by atoms with Crippen molar-refractivity contribution in [3.05, 3.63) is 40.8 Å². The lowest BCUT2D eigenvalue weighted by Gasteiger charge is -2.27. The zero-order valence-electron chi connectivity index (χ0n) is 11.2. The van der Waals surface area contributed by atoms with Crippen LogP contribution in [0.4, 0.5) is 0 Å². The van der Waals surface area contributed by atoms with E-state index in [2.05, 4.69) is 15.6 Å². The summed E-state index contributed by atoms with van der Waals surface area (Å²) < 4.78 is 13.2. The Hall–Kier alpha value is -2.86. The second-order valence-corrected chi connectivity index (χ2v) is 5.59. The fraction of sp³-hybridized carbons (Fsp3) is 0.154. The van der Waals surface area contributed by atoms with Crippen LogP contribution in [0.2, 0.25) is 0 Å². The Balaban J connectivity index is 1.66. The number of hydrogen-bond acceptors (Lipinski definition) is 8. The second-order valence-electron chi connectivity index (χ2n) is 4.61. The molecule has 8 nitrogen and oxygen atoms in total. The number of para-hydroxylation sites is 2. The molecular weight excluding hydrogens is 304 g/mol. The monoisotopic (exact) mass is 314 g/mol. The van der Waals surface area contributed by atoms with E-state index < -0.39 is 6.10 Å². The maximum Gasteiger partial charge on any atom is 0.216 e. The van der Waals surface area contributed by atoms with Crippen LogP contribution in [0, 0.1) is 11.3 Å². The highest BCUT2D eigenvalue weighted by molar-refractivity contribution is 8.03. The van der Waals surface area contributed by atoms with E-state index in [1.807, 2.05) is 30.3 Å². The number of fused-ring (bicyclic) bond motifs is 2. The molecule has 1 aromatic heterocycles. The van der Waals surface area contributed by atoms with E-state index in [1.165, 1.54) is 0 Å². The molecule has 4 rings (SSSR count). The van der Waals surface area contributed by atoms with Crippen molar-refractivity contribution in [3.63, 3.8) is 0 Å². The van der Waals surface area contributed by atoms with Crippen molar-refractivity contribution in [3.8, 4) is 17.6 Å². The number of nitrogens with one attached hydrogen (secondary N) is 1. The van der Waals surface area contributed by atoms with Gasteiger partial charge in [-0.2, -0.15) is 5.26 Å². The first-order valence-electron chi connectivity index (χ1n) is 6.45. The molecule has 2 aliphatic rings. The van der Waals surface area contributed by atoms with Crippen LogP contribution in [0.25, 0.3) is 0 Å². The lowest BCUT2D eigenvalue weighted by Crippen LogP contribution is -2.31. The number of aromatic nitrogens is 3. The van der Waals surface area contributed by atoms with E-state index in [0.717, 1.165) is 11.8 Å². The van der Waals surface area contributed by atoms with Crippen molar-refractivity contribution >= 4 is 11.8 Å². The van der Waals surface area contributed by atoms with Gasteiger partial charge >= 0.3 is 0 Å². The van der Waals surface area contributed by atoms with E-state index in [9.17, 15) is 0 Å². The quantitative estimate of drug-likeness (QED) is 0.804. The van der Waals surface area contributed by atoms with Crippen LogP contribution in [-0.4, -0.2) is 21.5 Å². The molecule has 2 aromatic rings. The minimum Gasteiger partial charge on any atom is -0.485 e. The summed E-state index contributed by atoms with van der Waals surface area (Å²) in [7, 11) is 0. The maximum absolute atomic E-state index is 9.00. The maximum atomic E-state index is 9.00. The Morgan fingerprint density at radius 2 is 2.18 bits per heavy atom. The number of nitrogens with zero attached hydrogens (tertiary/aromatic N) is 4. The number of thioether (sulfide) groups is 1. The number of rotatable bonds is 1. The third-order valence-corrected chi connectivity index (χ3v) is 4.19. The molecule has 9 heteroatoms. The van der Waals surface area contributed by atoms with E-state index in [4.69, 9.17) is 20.5 Å². The summed E-state index contributed by atoms with van der Waals surface area (Å²) in [6.45, 7) is 0.316. The van der Waals surface area contributed by atoms with Gasteiger partial charge in [-0.1, -0.05) is 12.1 Å². The minimum absolute atomic E-state index is 0.262. The highest BCUT2D eigenvalue weighted by Gasteiger charge is 2.31. The van der Waals surface area contributed by atoms with Gasteiger partial charge < -0.3 is 15.2 Å². The Kier molecular flexibility index (Phi) is 2.83. The van der Waals surface area contributed by atoms with Gasteiger partial charge in [0.05, 0.1) is 0 Å². The lowest BCUT2D eigenvalue weighted by atomic mass is 10.2. The first-order valence-corrected chi connectivity index (χ1v) is 7.26. The SMILES string of the molecule is N#CC1=C(N)Nn2c(nnc2C2COc3ccccc3O2)S1. The van der Waals surface area contributed by atoms with Gasteiger partial charge in [-0.25, -0.2) is 4.68 Å². The van der Waals surface area contributed by atoms with Crippen molar-refractivity contribution in [1.82, 2.24) is 14.9 Å². The van der Waals surface area contributed by atoms with Crippen LogP contribution in [-0.2, 0) is 0 Å². The first-order chi connectivity index (χ1) is 10.8. The number of benzene rings is 1. The van der Waals surface area contributed by atoms with E-state index in [0.29, 0.717) is 34.0 Å². The van der Waals surface area contributed by atoms with Crippen LogP contribution < -0.4 is 20.6 Å². The molecular formula is C13H10N6O2S. The summed E-state index contributed by atoms with van der Waals surface area (Å²) in [6, 6.07) is 9.45. The number of nitriles is 1. The Bertz CT molecular complexity index is 824. The van der Waals surface area contributed by atoms with Crippen LogP contribution in [0.5, 0.6) is 11.5 Å². The lowest BCUT2D eigenvalue weighted by molar-refractivity contribution is 0.0828. The largest absolute Gasteiger partial charge is 0.485 e. The average Bonchev–Trinajstić information content (AvgIpc) is 2.96. The zero-order chi connectivity index (χ0) is 15.1. The van der Waals surface area contributed by atoms with Gasteiger partial charge in [0.15, 0.2) is 23.4 Å². The number of ether oxygens (including phenoxy) is 2. The smallest absolute Gasteiger partial charge is 0.216 e. The summed E-state index contributed by atoms with van der Waals surface area (Å²) in [5.74, 6) is 2.15. The Labute approximate surface area is 129 Å². The normalized spacial score (nSPS) is 19.1. The summed E-state index contributed by atoms with van der Waals surface area (Å²) >= 11 is 1.16. The molecule has 3 heterocycles. The fourth-order valence-electron chi connectivity index (χ4n) is 2.21. The van der Waals surface area contributed by atoms with Gasteiger partial charge in [0.1, 0.15) is 23.4 Å². The second kappa shape index (κ2) is 4.85. The van der Waals surface area contributed by atoms with E-state index >= 15 is 0 Å². The molecule has 22 heavy (non-hydrogen) atoms. The van der Waals surface area contributed by atoms with Crippen molar-refractivity contribution in [2.45, 2.75) is 11.3 Å². The molecule has 0 fully saturated rings. The standard InChI is InChI=1S/C13H10N6O2S/c14-5-10-11(15)18-19-12(16-17-13(19)22-10)9-6-20-7-3-1-2-4-8(7)21-9/h1-4,9,18H,6,15H2. The van der Waals surface area contributed by atoms with Crippen molar-refractivity contribution in [2.75, 3.05) is 12.0 Å². The Morgan fingerprint density at radius 1 is 1.36 bits per heavy atom. The molecule has 0 saturated heterocycles. The van der Waals surface area contributed by atoms with Crippen LogP contribution in [0.15, 0.2) is 40.1 Å². The molecule has 0 aliphatic carbocycles. The fourth-order valence-corrected chi connectivity index (χ4v) is 2.90. The molecule has 0 saturated carbocycles. The van der Waals surface area contributed by atoms with Crippen LogP contribution in [0.1, 0.15) is 11.9 Å². The topological polar surface area (TPSA) is 111 Å². The molecule has 0 amide bonds. The van der Waals surface area contributed by atoms with Crippen molar-refractivity contribution in [2.24, 2.45) is 5.73 Å². The molecule has 0 bridgehead atoms. The summed E-state index contributed by atoms with van der Waals surface area (Å²) in [6.07, 6.45) is -0.416. The zero-order valence-corrected chi connectivity index (χ0v) is 12.0. The third kappa shape index (κ3) is 1.93. The molecule has 0 spiro atoms. The highest BCUT2D eigenvalue weighted by atomic mass is 32.2. The number of allylic oxidation sites excluding steroid dienone is 1. The minimum atomic E-state index is -0.416. The van der Waals surface area contributed by atoms with Gasteiger partial charge in [-0.05, 0) is 23.9 Å². The van der Waals surface area contributed by atoms with E-state index in [1.54, 1.807) is 4.68 Å². The average molecular weight is 314 g/mol. The summed E-state index contributed by atoms with van der Waals surface area (Å²) in [5, 5.41) is 17.7. The summed E-state index contributed by atoms with van der Waals surface area (Å²) in [4.78, 5) is 0.359. The summed E-state index contributed by atoms with van der Waals surface area (Å²) in [5.41, 5.74) is 8.72. The van der Waals surface area contributed by atoms with Crippen LogP contribution >= 0.6 is 11.8 Å². The molecule has 110 valence electrons. The molecule has 1 aromatic carbocycles. The van der Waals surface area contributed by atoms with Gasteiger partial charge in [-0.15, -0.1) is 10.2 Å². The van der Waals surface area contributed by atoms with Crippen molar-refractivity contribution in [1.29, 1.82) is 5.26 Å². The predicted octanol–water partition coefficient (Wildman–Crippen LogP) is 1.09. The van der Waals surface area contributed by atoms with Crippen LogP contribution in [0.3, 0.4) is 0 Å². The molecule has 3 N–H and O–H groups in total. The third-order valence-electron chi connectivity index (χ3n) is 3.23. The van der Waals surface area contributed by atoms with Gasteiger partial charge in [0.2, 0.25) is 5.16 Å². The molecule has 1 atom stereocenters. The Morgan fingerprint density at radius 3 is 3.00 bits per heavy atom. The molecule has 0 radical (unpaired) electrons. The molecule has 2 aliphatic heterocycles. The van der Waals surface area contributed by atoms with Gasteiger partial charge in [0, 0.05) is 0 Å². The molecule has 1 unspecified atom stereocenters. The van der Waals surface area contributed by atoms with Gasteiger partial charge in [0.25, 0.3) is 0 Å². The highest BCUT2D eigenvalue weighted by Crippen LogP contribution is 2.37. The van der Waals surface area contributed by atoms with Gasteiger partial charge in [-0.3, -0.25) is 5.43 Å². The predicted molar refractivity (Wildman–Crippen MR) is 77.4 cm³/mol. The number of hydrogen-bond donors (Lipinski definition) is 2. The first kappa shape index (κ1) is 12.8. The van der Waals surface area contributed by atoms with Crippen molar-refractivity contribution < 1.29 is 9.47 Å². The number of nitrogens with two attached hydrogens (primary N) is 1. The van der Waals surface area contributed by atoms with E-state index in [-0.39, 0.29) is 5.82 Å².